The van der Waals surface area contributed by atoms with Gasteiger partial charge in [0.2, 0.25) is 5.91 Å². The molecule has 66 heavy (non-hydrogen) atoms. The van der Waals surface area contributed by atoms with Crippen LogP contribution in [0.4, 0.5) is 0 Å². The Hall–Kier alpha value is -1.66. The highest BCUT2D eigenvalue weighted by atomic mass is 16.5. The van der Waals surface area contributed by atoms with Crippen molar-refractivity contribution in [2.24, 2.45) is 0 Å². The highest BCUT2D eigenvalue weighted by molar-refractivity contribution is 5.76. The molecular formula is C60H115NO5. The van der Waals surface area contributed by atoms with Gasteiger partial charge in [-0.15, -0.1) is 0 Å². The second-order valence-electron chi connectivity index (χ2n) is 20.3. The number of carbonyl (C=O) groups excluding carboxylic acids is 2. The van der Waals surface area contributed by atoms with Crippen molar-refractivity contribution in [2.75, 3.05) is 13.2 Å². The third-order valence-electron chi connectivity index (χ3n) is 13.7. The summed E-state index contributed by atoms with van der Waals surface area (Å²) in [6.45, 7) is 4.90. The molecule has 0 aromatic heterocycles. The van der Waals surface area contributed by atoms with Crippen LogP contribution in [0, 0.1) is 0 Å². The van der Waals surface area contributed by atoms with Crippen LogP contribution in [0.5, 0.6) is 0 Å². The molecule has 0 rings (SSSR count). The van der Waals surface area contributed by atoms with E-state index < -0.39 is 12.1 Å². The quantitative estimate of drug-likeness (QED) is 0.0321. The average molecular weight is 931 g/mol. The molecule has 0 saturated heterocycles. The summed E-state index contributed by atoms with van der Waals surface area (Å²) in [6, 6.07) is -0.628. The molecule has 6 nitrogen and oxygen atoms in total. The summed E-state index contributed by atoms with van der Waals surface area (Å²) in [5.74, 6) is -0.0574. The van der Waals surface area contributed by atoms with E-state index in [1.165, 1.54) is 257 Å². The number of hydrogen-bond donors (Lipinski definition) is 3. The first kappa shape index (κ1) is 64.3. The molecule has 0 radical (unpaired) electrons. The lowest BCUT2D eigenvalue weighted by molar-refractivity contribution is -0.143. The van der Waals surface area contributed by atoms with E-state index in [4.69, 9.17) is 4.74 Å². The third kappa shape index (κ3) is 51.7. The zero-order valence-electron chi connectivity index (χ0n) is 44.4. The lowest BCUT2D eigenvalue weighted by atomic mass is 10.0. The summed E-state index contributed by atoms with van der Waals surface area (Å²) >= 11 is 0. The van der Waals surface area contributed by atoms with E-state index in [0.29, 0.717) is 19.4 Å². The first-order valence-electron chi connectivity index (χ1n) is 29.6. The molecule has 0 saturated carbocycles. The van der Waals surface area contributed by atoms with Gasteiger partial charge in [0, 0.05) is 12.8 Å². The first-order chi connectivity index (χ1) is 32.5. The molecule has 0 spiro atoms. The Labute approximate surface area is 411 Å². The molecule has 390 valence electrons. The van der Waals surface area contributed by atoms with Crippen LogP contribution in [0.3, 0.4) is 0 Å². The zero-order chi connectivity index (χ0) is 47.9. The van der Waals surface area contributed by atoms with Crippen LogP contribution in [-0.4, -0.2) is 47.4 Å². The first-order valence-corrected chi connectivity index (χ1v) is 29.6. The molecule has 0 heterocycles. The summed E-state index contributed by atoms with van der Waals surface area (Å²) < 4.78 is 5.47. The number of nitrogens with one attached hydrogen (secondary N) is 1. The van der Waals surface area contributed by atoms with Crippen LogP contribution in [-0.2, 0) is 14.3 Å². The summed E-state index contributed by atoms with van der Waals surface area (Å²) in [4.78, 5) is 24.4. The van der Waals surface area contributed by atoms with Crippen molar-refractivity contribution in [1.82, 2.24) is 5.32 Å². The van der Waals surface area contributed by atoms with Crippen LogP contribution in [0.15, 0.2) is 24.3 Å². The van der Waals surface area contributed by atoms with Crippen molar-refractivity contribution in [3.8, 4) is 0 Å². The summed E-state index contributed by atoms with van der Waals surface area (Å²) in [5, 5.41) is 23.0. The second kappa shape index (κ2) is 55.9. The molecular weight excluding hydrogens is 815 g/mol. The Morgan fingerprint density at radius 2 is 0.712 bits per heavy atom. The molecule has 2 atom stereocenters. The Morgan fingerprint density at radius 3 is 1.08 bits per heavy atom. The van der Waals surface area contributed by atoms with Crippen molar-refractivity contribution in [1.29, 1.82) is 0 Å². The minimum Gasteiger partial charge on any atom is -0.466 e. The van der Waals surface area contributed by atoms with Crippen LogP contribution >= 0.6 is 0 Å². The fourth-order valence-corrected chi connectivity index (χ4v) is 9.16. The Bertz CT molecular complexity index is 1030. The number of aliphatic hydroxyl groups excluding tert-OH is 2. The maximum absolute atomic E-state index is 12.4. The highest BCUT2D eigenvalue weighted by Crippen LogP contribution is 2.17. The zero-order valence-corrected chi connectivity index (χ0v) is 44.4. The van der Waals surface area contributed by atoms with E-state index in [9.17, 15) is 19.8 Å². The predicted molar refractivity (Wildman–Crippen MR) is 287 cm³/mol. The summed E-state index contributed by atoms with van der Waals surface area (Å²) in [7, 11) is 0. The van der Waals surface area contributed by atoms with Gasteiger partial charge in [0.1, 0.15) is 0 Å². The number of allylic oxidation sites excluding steroid dienone is 3. The molecule has 3 N–H and O–H groups in total. The number of ether oxygens (including phenoxy) is 1. The van der Waals surface area contributed by atoms with Crippen molar-refractivity contribution >= 4 is 11.9 Å². The Morgan fingerprint density at radius 1 is 0.409 bits per heavy atom. The van der Waals surface area contributed by atoms with Crippen molar-refractivity contribution in [2.45, 2.75) is 334 Å². The average Bonchev–Trinajstić information content (AvgIpc) is 3.32. The van der Waals surface area contributed by atoms with Gasteiger partial charge >= 0.3 is 5.97 Å². The van der Waals surface area contributed by atoms with Gasteiger partial charge in [-0.05, 0) is 57.8 Å². The van der Waals surface area contributed by atoms with Crippen LogP contribution < -0.4 is 5.32 Å². The number of hydrogen-bond acceptors (Lipinski definition) is 5. The van der Waals surface area contributed by atoms with E-state index >= 15 is 0 Å². The number of aliphatic hydroxyl groups is 2. The van der Waals surface area contributed by atoms with Gasteiger partial charge in [-0.3, -0.25) is 9.59 Å². The number of esters is 1. The SMILES string of the molecule is CCCCCCCCCCCC/C=C/C(O)C(CO)NC(=O)CCCCCCCCCCC/C=C\CCCCCCCCCCCCCCOC(=O)CCCCCCCCCCCCCC. The largest absolute Gasteiger partial charge is 0.466 e. The number of carbonyl (C=O) groups is 2. The van der Waals surface area contributed by atoms with E-state index in [-0.39, 0.29) is 18.5 Å². The lowest BCUT2D eigenvalue weighted by Gasteiger charge is -2.20. The second-order valence-corrected chi connectivity index (χ2v) is 20.3. The molecule has 0 bridgehead atoms. The van der Waals surface area contributed by atoms with Gasteiger partial charge < -0.3 is 20.3 Å². The molecule has 0 aromatic rings. The Balaban J connectivity index is 3.40. The minimum atomic E-state index is -0.844. The lowest BCUT2D eigenvalue weighted by Crippen LogP contribution is -2.45. The molecule has 0 aliphatic carbocycles. The molecule has 0 aromatic carbocycles. The molecule has 0 aliphatic rings. The monoisotopic (exact) mass is 930 g/mol. The number of unbranched alkanes of at least 4 members (excludes halogenated alkanes) is 42. The number of amides is 1. The summed E-state index contributed by atoms with van der Waals surface area (Å²) in [5.41, 5.74) is 0. The van der Waals surface area contributed by atoms with Gasteiger partial charge in [-0.1, -0.05) is 276 Å². The van der Waals surface area contributed by atoms with E-state index in [0.717, 1.165) is 38.5 Å². The van der Waals surface area contributed by atoms with Crippen LogP contribution in [0.25, 0.3) is 0 Å². The predicted octanol–water partition coefficient (Wildman–Crippen LogP) is 18.2. The number of rotatable bonds is 55. The molecule has 6 heteroatoms. The highest BCUT2D eigenvalue weighted by Gasteiger charge is 2.18. The maximum atomic E-state index is 12.4. The van der Waals surface area contributed by atoms with Gasteiger partial charge in [0.25, 0.3) is 0 Å². The van der Waals surface area contributed by atoms with Crippen LogP contribution in [0.2, 0.25) is 0 Å². The van der Waals surface area contributed by atoms with Gasteiger partial charge in [-0.2, -0.15) is 0 Å². The topological polar surface area (TPSA) is 95.9 Å². The molecule has 0 aliphatic heterocycles. The van der Waals surface area contributed by atoms with E-state index in [1.807, 2.05) is 6.08 Å². The smallest absolute Gasteiger partial charge is 0.305 e. The van der Waals surface area contributed by atoms with Crippen molar-refractivity contribution in [3.63, 3.8) is 0 Å². The Kier molecular flexibility index (Phi) is 54.5. The standard InChI is InChI=1S/C60H115NO5/c1-3-5-7-9-11-13-15-32-36-40-44-48-52-58(63)57(56-62)61-59(64)53-49-45-41-37-33-30-28-26-24-22-20-18-17-19-21-23-25-27-29-31-35-39-43-47-51-55-66-60(65)54-50-46-42-38-34-16-14-12-10-8-6-4-2/h18,20,48,52,57-58,62-63H,3-17,19,21-47,49-51,53-56H2,1-2H3,(H,61,64)/b20-18-,52-48+. The fourth-order valence-electron chi connectivity index (χ4n) is 9.16. The minimum absolute atomic E-state index is 0.0137. The van der Waals surface area contributed by atoms with Gasteiger partial charge in [0.05, 0.1) is 25.4 Å². The van der Waals surface area contributed by atoms with Crippen LogP contribution in [0.1, 0.15) is 322 Å². The molecule has 1 amide bonds. The van der Waals surface area contributed by atoms with E-state index in [2.05, 4.69) is 31.3 Å². The fraction of sp³-hybridized carbons (Fsp3) is 0.900. The normalized spacial score (nSPS) is 12.7. The molecule has 2 unspecified atom stereocenters. The van der Waals surface area contributed by atoms with Gasteiger partial charge in [-0.25, -0.2) is 0 Å². The van der Waals surface area contributed by atoms with E-state index in [1.54, 1.807) is 6.08 Å². The van der Waals surface area contributed by atoms with Gasteiger partial charge in [0.15, 0.2) is 0 Å². The third-order valence-corrected chi connectivity index (χ3v) is 13.7. The van der Waals surface area contributed by atoms with Crippen molar-refractivity contribution < 1.29 is 24.5 Å². The van der Waals surface area contributed by atoms with Crippen molar-refractivity contribution in [3.05, 3.63) is 24.3 Å². The molecule has 0 fully saturated rings. The summed E-state index contributed by atoms with van der Waals surface area (Å²) in [6.07, 6.45) is 67.8. The maximum Gasteiger partial charge on any atom is 0.305 e.